The van der Waals surface area contributed by atoms with Gasteiger partial charge < -0.3 is 14.8 Å². The van der Waals surface area contributed by atoms with Gasteiger partial charge in [0, 0.05) is 19.8 Å². The highest BCUT2D eigenvalue weighted by atomic mass is 16.5. The summed E-state index contributed by atoms with van der Waals surface area (Å²) in [4.78, 5) is 11.4. The van der Waals surface area contributed by atoms with Crippen LogP contribution in [-0.2, 0) is 20.7 Å². The maximum atomic E-state index is 11.4. The summed E-state index contributed by atoms with van der Waals surface area (Å²) in [5.74, 6) is -0.180. The van der Waals surface area contributed by atoms with Gasteiger partial charge in [-0.15, -0.1) is 0 Å². The number of carbonyl (C=O) groups is 1. The van der Waals surface area contributed by atoms with Crippen LogP contribution in [-0.4, -0.2) is 39.4 Å². The second-order valence-corrected chi connectivity index (χ2v) is 4.47. The Balaban J connectivity index is 2.46. The van der Waals surface area contributed by atoms with Gasteiger partial charge in [0.2, 0.25) is 0 Å². The fraction of sp³-hybridized carbons (Fsp3) is 0.533. The summed E-state index contributed by atoms with van der Waals surface area (Å²) < 4.78 is 9.75. The van der Waals surface area contributed by atoms with Gasteiger partial charge in [-0.1, -0.05) is 30.3 Å². The van der Waals surface area contributed by atoms with E-state index in [1.54, 1.807) is 7.11 Å². The molecule has 4 nitrogen and oxygen atoms in total. The fourth-order valence-electron chi connectivity index (χ4n) is 1.92. The second kappa shape index (κ2) is 9.53. The average molecular weight is 265 g/mol. The molecule has 1 aromatic rings. The molecule has 0 radical (unpaired) electrons. The third-order valence-electron chi connectivity index (χ3n) is 2.92. The van der Waals surface area contributed by atoms with Gasteiger partial charge in [-0.3, -0.25) is 4.79 Å². The lowest BCUT2D eigenvalue weighted by atomic mass is 10.0. The largest absolute Gasteiger partial charge is 0.469 e. The minimum Gasteiger partial charge on any atom is -0.469 e. The van der Waals surface area contributed by atoms with Gasteiger partial charge in [-0.2, -0.15) is 0 Å². The van der Waals surface area contributed by atoms with Crippen LogP contribution in [0.3, 0.4) is 0 Å². The molecule has 0 saturated heterocycles. The molecule has 0 heterocycles. The first kappa shape index (κ1) is 15.7. The average Bonchev–Trinajstić information content (AvgIpc) is 2.44. The van der Waals surface area contributed by atoms with E-state index in [-0.39, 0.29) is 12.0 Å². The molecule has 0 spiro atoms. The molecule has 1 N–H and O–H groups in total. The Bertz CT molecular complexity index is 354. The van der Waals surface area contributed by atoms with E-state index in [4.69, 9.17) is 9.47 Å². The zero-order chi connectivity index (χ0) is 13.9. The molecular weight excluding hydrogens is 242 g/mol. The molecule has 0 aromatic heterocycles. The minimum atomic E-state index is -0.180. The number of hydrogen-bond acceptors (Lipinski definition) is 4. The molecular formula is C15H23NO3. The van der Waals surface area contributed by atoms with E-state index in [2.05, 4.69) is 17.4 Å². The SMILES string of the molecule is COCCCNC(CC(=O)OC)Cc1ccccc1. The zero-order valence-electron chi connectivity index (χ0n) is 11.7. The number of hydrogen-bond donors (Lipinski definition) is 1. The summed E-state index contributed by atoms with van der Waals surface area (Å²) >= 11 is 0. The fourth-order valence-corrected chi connectivity index (χ4v) is 1.92. The van der Waals surface area contributed by atoms with Crippen molar-refractivity contribution < 1.29 is 14.3 Å². The summed E-state index contributed by atoms with van der Waals surface area (Å²) in [7, 11) is 3.11. The van der Waals surface area contributed by atoms with Crippen molar-refractivity contribution >= 4 is 5.97 Å². The van der Waals surface area contributed by atoms with E-state index >= 15 is 0 Å². The van der Waals surface area contributed by atoms with Crippen LogP contribution in [0.1, 0.15) is 18.4 Å². The zero-order valence-corrected chi connectivity index (χ0v) is 11.7. The van der Waals surface area contributed by atoms with E-state index in [9.17, 15) is 4.79 Å². The van der Waals surface area contributed by atoms with E-state index in [0.29, 0.717) is 6.42 Å². The molecule has 0 aliphatic heterocycles. The number of methoxy groups -OCH3 is 2. The van der Waals surface area contributed by atoms with Crippen LogP contribution < -0.4 is 5.32 Å². The lowest BCUT2D eigenvalue weighted by Gasteiger charge is -2.17. The first-order valence-corrected chi connectivity index (χ1v) is 6.59. The first-order valence-electron chi connectivity index (χ1n) is 6.59. The molecule has 1 unspecified atom stereocenters. The van der Waals surface area contributed by atoms with Crippen molar-refractivity contribution in [3.05, 3.63) is 35.9 Å². The molecule has 0 aliphatic carbocycles. The van der Waals surface area contributed by atoms with E-state index in [1.165, 1.54) is 12.7 Å². The Hall–Kier alpha value is -1.39. The van der Waals surface area contributed by atoms with Gasteiger partial charge in [0.15, 0.2) is 0 Å². The molecule has 0 fully saturated rings. The topological polar surface area (TPSA) is 47.6 Å². The molecule has 106 valence electrons. The van der Waals surface area contributed by atoms with Gasteiger partial charge in [0.25, 0.3) is 0 Å². The molecule has 1 aromatic carbocycles. The lowest BCUT2D eigenvalue weighted by molar-refractivity contribution is -0.141. The van der Waals surface area contributed by atoms with Crippen LogP contribution in [0.25, 0.3) is 0 Å². The van der Waals surface area contributed by atoms with Crippen molar-refractivity contribution in [2.45, 2.75) is 25.3 Å². The maximum Gasteiger partial charge on any atom is 0.307 e. The van der Waals surface area contributed by atoms with E-state index in [0.717, 1.165) is 26.0 Å². The number of ether oxygens (including phenoxy) is 2. The number of benzene rings is 1. The number of carbonyl (C=O) groups excluding carboxylic acids is 1. The molecule has 19 heavy (non-hydrogen) atoms. The highest BCUT2D eigenvalue weighted by molar-refractivity contribution is 5.69. The van der Waals surface area contributed by atoms with Crippen LogP contribution in [0, 0.1) is 0 Å². The van der Waals surface area contributed by atoms with Crippen molar-refractivity contribution in [1.82, 2.24) is 5.32 Å². The smallest absolute Gasteiger partial charge is 0.307 e. The summed E-state index contributed by atoms with van der Waals surface area (Å²) in [6, 6.07) is 10.3. The first-order chi connectivity index (χ1) is 9.26. The van der Waals surface area contributed by atoms with Gasteiger partial charge in [-0.05, 0) is 24.9 Å². The maximum absolute atomic E-state index is 11.4. The summed E-state index contributed by atoms with van der Waals surface area (Å²) in [6.07, 6.45) is 2.14. The molecule has 1 atom stereocenters. The van der Waals surface area contributed by atoms with E-state index < -0.39 is 0 Å². The van der Waals surface area contributed by atoms with Gasteiger partial charge in [0.1, 0.15) is 0 Å². The Labute approximate surface area is 115 Å². The van der Waals surface area contributed by atoms with E-state index in [1.807, 2.05) is 18.2 Å². The van der Waals surface area contributed by atoms with Crippen molar-refractivity contribution in [2.24, 2.45) is 0 Å². The van der Waals surface area contributed by atoms with Crippen molar-refractivity contribution in [3.63, 3.8) is 0 Å². The Morgan fingerprint density at radius 1 is 1.26 bits per heavy atom. The highest BCUT2D eigenvalue weighted by Crippen LogP contribution is 2.06. The molecule has 0 bridgehead atoms. The van der Waals surface area contributed by atoms with Crippen LogP contribution in [0.2, 0.25) is 0 Å². The Morgan fingerprint density at radius 3 is 2.63 bits per heavy atom. The van der Waals surface area contributed by atoms with Crippen molar-refractivity contribution in [1.29, 1.82) is 0 Å². The third kappa shape index (κ3) is 6.94. The van der Waals surface area contributed by atoms with Gasteiger partial charge >= 0.3 is 5.97 Å². The molecule has 0 aliphatic rings. The molecule has 4 heteroatoms. The third-order valence-corrected chi connectivity index (χ3v) is 2.92. The van der Waals surface area contributed by atoms with Crippen LogP contribution in [0.5, 0.6) is 0 Å². The number of rotatable bonds is 9. The van der Waals surface area contributed by atoms with Gasteiger partial charge in [0.05, 0.1) is 13.5 Å². The molecule has 1 rings (SSSR count). The number of nitrogens with one attached hydrogen (secondary N) is 1. The predicted octanol–water partition coefficient (Wildman–Crippen LogP) is 1.79. The highest BCUT2D eigenvalue weighted by Gasteiger charge is 2.14. The van der Waals surface area contributed by atoms with Gasteiger partial charge in [-0.25, -0.2) is 0 Å². The monoisotopic (exact) mass is 265 g/mol. The quantitative estimate of drug-likeness (QED) is 0.546. The Morgan fingerprint density at radius 2 is 2.00 bits per heavy atom. The van der Waals surface area contributed by atoms with Crippen molar-refractivity contribution in [3.8, 4) is 0 Å². The molecule has 0 saturated carbocycles. The van der Waals surface area contributed by atoms with Crippen LogP contribution in [0.4, 0.5) is 0 Å². The predicted molar refractivity (Wildman–Crippen MR) is 75.1 cm³/mol. The summed E-state index contributed by atoms with van der Waals surface area (Å²) in [5.41, 5.74) is 1.22. The summed E-state index contributed by atoms with van der Waals surface area (Å²) in [6.45, 7) is 1.56. The van der Waals surface area contributed by atoms with Crippen LogP contribution >= 0.6 is 0 Å². The Kier molecular flexibility index (Phi) is 7.86. The standard InChI is InChI=1S/C15H23NO3/c1-18-10-6-9-16-14(12-15(17)19-2)11-13-7-4-3-5-8-13/h3-5,7-8,14,16H,6,9-12H2,1-2H3. The minimum absolute atomic E-state index is 0.103. The second-order valence-electron chi connectivity index (χ2n) is 4.47. The summed E-state index contributed by atoms with van der Waals surface area (Å²) in [5, 5.41) is 3.39. The normalized spacial score (nSPS) is 12.1. The van der Waals surface area contributed by atoms with Crippen LogP contribution in [0.15, 0.2) is 30.3 Å². The lowest BCUT2D eigenvalue weighted by Crippen LogP contribution is -2.34. The molecule has 0 amide bonds. The number of esters is 1. The van der Waals surface area contributed by atoms with Crippen molar-refractivity contribution in [2.75, 3.05) is 27.4 Å².